The van der Waals surface area contributed by atoms with E-state index < -0.39 is 5.91 Å². The standard InChI is InChI=1S/C21H26N4O4/c1-29-19-8-7-16(12-18(19)26)24-9-10-25(21(28)13-20(27)23-22)17(14-24)11-15-5-3-2-4-6-15/h2-8,12,17,26H,9-11,13-14,22H2,1H3,(H,23,27)/t17-/m0/s1. The average molecular weight is 398 g/mol. The minimum Gasteiger partial charge on any atom is -0.504 e. The van der Waals surface area contributed by atoms with Crippen LogP contribution < -0.4 is 20.9 Å². The molecule has 2 amide bonds. The van der Waals surface area contributed by atoms with Gasteiger partial charge in [-0.2, -0.15) is 0 Å². The first-order chi connectivity index (χ1) is 14.0. The molecule has 0 radical (unpaired) electrons. The number of methoxy groups -OCH3 is 1. The molecule has 4 N–H and O–H groups in total. The van der Waals surface area contributed by atoms with E-state index in [1.807, 2.05) is 41.8 Å². The summed E-state index contributed by atoms with van der Waals surface area (Å²) in [5.74, 6) is 4.87. The Labute approximate surface area is 169 Å². The second kappa shape index (κ2) is 9.29. The van der Waals surface area contributed by atoms with Crippen molar-refractivity contribution in [3.05, 3.63) is 54.1 Å². The van der Waals surface area contributed by atoms with E-state index in [1.54, 1.807) is 17.0 Å². The molecule has 29 heavy (non-hydrogen) atoms. The lowest BCUT2D eigenvalue weighted by molar-refractivity contribution is -0.138. The molecule has 1 aliphatic heterocycles. The van der Waals surface area contributed by atoms with Gasteiger partial charge in [0.25, 0.3) is 0 Å². The molecule has 8 nitrogen and oxygen atoms in total. The SMILES string of the molecule is COc1ccc(N2CCN(C(=O)CC(=O)NN)[C@@H](Cc3ccccc3)C2)cc1O. The normalized spacial score (nSPS) is 16.4. The fourth-order valence-electron chi connectivity index (χ4n) is 3.64. The fourth-order valence-corrected chi connectivity index (χ4v) is 3.64. The third kappa shape index (κ3) is 4.97. The number of hydrogen-bond donors (Lipinski definition) is 3. The van der Waals surface area contributed by atoms with Crippen molar-refractivity contribution in [2.45, 2.75) is 18.9 Å². The van der Waals surface area contributed by atoms with Crippen molar-refractivity contribution in [3.8, 4) is 11.5 Å². The van der Waals surface area contributed by atoms with Crippen molar-refractivity contribution >= 4 is 17.5 Å². The van der Waals surface area contributed by atoms with Gasteiger partial charge in [-0.05, 0) is 24.1 Å². The first-order valence-corrected chi connectivity index (χ1v) is 9.46. The molecule has 8 heteroatoms. The molecule has 0 spiro atoms. The van der Waals surface area contributed by atoms with E-state index in [0.29, 0.717) is 31.8 Å². The summed E-state index contributed by atoms with van der Waals surface area (Å²) >= 11 is 0. The monoisotopic (exact) mass is 398 g/mol. The number of anilines is 1. The summed E-state index contributed by atoms with van der Waals surface area (Å²) in [4.78, 5) is 28.1. The third-order valence-corrected chi connectivity index (χ3v) is 5.12. The molecule has 0 unspecified atom stereocenters. The summed E-state index contributed by atoms with van der Waals surface area (Å²) in [6.07, 6.45) is 0.389. The molecule has 154 valence electrons. The molecule has 1 fully saturated rings. The van der Waals surface area contributed by atoms with Gasteiger partial charge in [-0.3, -0.25) is 15.0 Å². The molecule has 0 bridgehead atoms. The molecule has 0 aromatic heterocycles. The number of piperazine rings is 1. The van der Waals surface area contributed by atoms with Gasteiger partial charge >= 0.3 is 0 Å². The Morgan fingerprint density at radius 1 is 1.21 bits per heavy atom. The number of phenols is 1. The van der Waals surface area contributed by atoms with Crippen LogP contribution in [0.5, 0.6) is 11.5 Å². The second-order valence-corrected chi connectivity index (χ2v) is 6.98. The first kappa shape index (κ1) is 20.5. The summed E-state index contributed by atoms with van der Waals surface area (Å²) < 4.78 is 5.11. The average Bonchev–Trinajstić information content (AvgIpc) is 2.74. The maximum Gasteiger partial charge on any atom is 0.243 e. The van der Waals surface area contributed by atoms with Crippen molar-refractivity contribution < 1.29 is 19.4 Å². The molecule has 2 aromatic rings. The van der Waals surface area contributed by atoms with Crippen molar-refractivity contribution in [3.63, 3.8) is 0 Å². The minimum atomic E-state index is -0.504. The number of carbonyl (C=O) groups excluding carboxylic acids is 2. The first-order valence-electron chi connectivity index (χ1n) is 9.46. The second-order valence-electron chi connectivity index (χ2n) is 6.98. The number of amides is 2. The lowest BCUT2D eigenvalue weighted by Gasteiger charge is -2.42. The molecule has 1 aliphatic rings. The van der Waals surface area contributed by atoms with Gasteiger partial charge in [0.2, 0.25) is 11.8 Å². The lowest BCUT2D eigenvalue weighted by Crippen LogP contribution is -2.56. The van der Waals surface area contributed by atoms with Gasteiger partial charge in [0, 0.05) is 31.4 Å². The van der Waals surface area contributed by atoms with Crippen molar-refractivity contribution in [2.75, 3.05) is 31.6 Å². The Balaban J connectivity index is 1.80. The molecular weight excluding hydrogens is 372 g/mol. The number of aromatic hydroxyl groups is 1. The van der Waals surface area contributed by atoms with Gasteiger partial charge in [0.05, 0.1) is 13.2 Å². The third-order valence-electron chi connectivity index (χ3n) is 5.12. The molecule has 0 aliphatic carbocycles. The van der Waals surface area contributed by atoms with Gasteiger partial charge < -0.3 is 19.6 Å². The zero-order valence-corrected chi connectivity index (χ0v) is 16.4. The Kier molecular flexibility index (Phi) is 6.56. The zero-order valence-electron chi connectivity index (χ0n) is 16.4. The van der Waals surface area contributed by atoms with Crippen LogP contribution in [0, 0.1) is 0 Å². The summed E-state index contributed by atoms with van der Waals surface area (Å²) in [6.45, 7) is 1.64. The van der Waals surface area contributed by atoms with E-state index in [4.69, 9.17) is 10.6 Å². The van der Waals surface area contributed by atoms with E-state index in [-0.39, 0.29) is 24.1 Å². The number of ether oxygens (including phenoxy) is 1. The van der Waals surface area contributed by atoms with Crippen LogP contribution in [0.15, 0.2) is 48.5 Å². The van der Waals surface area contributed by atoms with E-state index in [9.17, 15) is 14.7 Å². The van der Waals surface area contributed by atoms with Crippen LogP contribution >= 0.6 is 0 Å². The predicted molar refractivity (Wildman–Crippen MR) is 109 cm³/mol. The van der Waals surface area contributed by atoms with Crippen molar-refractivity contribution in [1.29, 1.82) is 0 Å². The lowest BCUT2D eigenvalue weighted by atomic mass is 10.0. The molecular formula is C21H26N4O4. The van der Waals surface area contributed by atoms with Crippen molar-refractivity contribution in [2.24, 2.45) is 5.84 Å². The van der Waals surface area contributed by atoms with Gasteiger partial charge in [-0.1, -0.05) is 30.3 Å². The maximum absolute atomic E-state index is 12.7. The van der Waals surface area contributed by atoms with E-state index >= 15 is 0 Å². The summed E-state index contributed by atoms with van der Waals surface area (Å²) in [6, 6.07) is 15.1. The van der Waals surface area contributed by atoms with E-state index in [2.05, 4.69) is 4.90 Å². The highest BCUT2D eigenvalue weighted by Gasteiger charge is 2.31. The maximum atomic E-state index is 12.7. The van der Waals surface area contributed by atoms with E-state index in [0.717, 1.165) is 11.3 Å². The highest BCUT2D eigenvalue weighted by Crippen LogP contribution is 2.31. The highest BCUT2D eigenvalue weighted by molar-refractivity contribution is 5.96. The molecule has 0 saturated carbocycles. The highest BCUT2D eigenvalue weighted by atomic mass is 16.5. The Morgan fingerprint density at radius 3 is 2.62 bits per heavy atom. The Morgan fingerprint density at radius 2 is 1.97 bits per heavy atom. The van der Waals surface area contributed by atoms with E-state index in [1.165, 1.54) is 7.11 Å². The Hall–Kier alpha value is -3.26. The zero-order chi connectivity index (χ0) is 20.8. The predicted octanol–water partition coefficient (Wildman–Crippen LogP) is 1.04. The number of nitrogens with zero attached hydrogens (tertiary/aromatic N) is 2. The fraction of sp³-hybridized carbons (Fsp3) is 0.333. The number of hydrogen-bond acceptors (Lipinski definition) is 6. The number of carbonyl (C=O) groups is 2. The molecule has 1 atom stereocenters. The number of phenolic OH excluding ortho intramolecular Hbond substituents is 1. The number of nitrogens with two attached hydrogens (primary N) is 1. The summed E-state index contributed by atoms with van der Waals surface area (Å²) in [5, 5.41) is 10.1. The van der Waals surface area contributed by atoms with Crippen LogP contribution in [0.1, 0.15) is 12.0 Å². The Bertz CT molecular complexity index is 859. The summed E-state index contributed by atoms with van der Waals surface area (Å²) in [5.41, 5.74) is 3.98. The smallest absolute Gasteiger partial charge is 0.243 e. The number of hydrazine groups is 1. The quantitative estimate of drug-likeness (QED) is 0.290. The minimum absolute atomic E-state index is 0.0720. The van der Waals surface area contributed by atoms with Crippen LogP contribution in [-0.4, -0.2) is 54.6 Å². The van der Waals surface area contributed by atoms with Crippen LogP contribution in [-0.2, 0) is 16.0 Å². The van der Waals surface area contributed by atoms with Gasteiger partial charge in [0.15, 0.2) is 11.5 Å². The van der Waals surface area contributed by atoms with Crippen LogP contribution in [0.4, 0.5) is 5.69 Å². The number of nitrogens with one attached hydrogen (secondary N) is 1. The topological polar surface area (TPSA) is 108 Å². The number of rotatable bonds is 6. The molecule has 1 heterocycles. The summed E-state index contributed by atoms with van der Waals surface area (Å²) in [7, 11) is 1.51. The van der Waals surface area contributed by atoms with Crippen LogP contribution in [0.3, 0.4) is 0 Å². The molecule has 3 rings (SSSR count). The van der Waals surface area contributed by atoms with Crippen LogP contribution in [0.25, 0.3) is 0 Å². The largest absolute Gasteiger partial charge is 0.504 e. The molecule has 1 saturated heterocycles. The van der Waals surface area contributed by atoms with Gasteiger partial charge in [-0.25, -0.2) is 5.84 Å². The molecule has 2 aromatic carbocycles. The number of benzene rings is 2. The van der Waals surface area contributed by atoms with Crippen molar-refractivity contribution in [1.82, 2.24) is 10.3 Å². The van der Waals surface area contributed by atoms with Crippen LogP contribution in [0.2, 0.25) is 0 Å². The van der Waals surface area contributed by atoms with Gasteiger partial charge in [-0.15, -0.1) is 0 Å². The van der Waals surface area contributed by atoms with Gasteiger partial charge in [0.1, 0.15) is 6.42 Å².